The molecule has 0 unspecified atom stereocenters. The Kier molecular flexibility index (Phi) is 3.23. The molecule has 0 fully saturated rings. The average molecular weight is 229 g/mol. The van der Waals surface area contributed by atoms with Gasteiger partial charge in [0, 0.05) is 5.69 Å². The van der Waals surface area contributed by atoms with Gasteiger partial charge in [0.1, 0.15) is 5.69 Å². The van der Waals surface area contributed by atoms with Crippen molar-refractivity contribution in [2.75, 3.05) is 5.32 Å². The van der Waals surface area contributed by atoms with Crippen LogP contribution in [0.2, 0.25) is 0 Å². The fraction of sp³-hybridized carbons (Fsp3) is 0.231. The summed E-state index contributed by atoms with van der Waals surface area (Å²) in [7, 11) is 0. The van der Waals surface area contributed by atoms with Gasteiger partial charge in [0.2, 0.25) is 0 Å². The van der Waals surface area contributed by atoms with Gasteiger partial charge >= 0.3 is 0 Å². The predicted octanol–water partition coefficient (Wildman–Crippen LogP) is 2.53. The highest BCUT2D eigenvalue weighted by Crippen LogP contribution is 2.12. The van der Waals surface area contributed by atoms with Crippen LogP contribution in [0.25, 0.3) is 0 Å². The lowest BCUT2D eigenvalue weighted by molar-refractivity contribution is 0.102. The number of anilines is 1. The van der Waals surface area contributed by atoms with Gasteiger partial charge in [-0.1, -0.05) is 19.1 Å². The van der Waals surface area contributed by atoms with Gasteiger partial charge in [0.05, 0.1) is 6.20 Å². The number of aromatic nitrogens is 2. The number of benzene rings is 1. The van der Waals surface area contributed by atoms with Gasteiger partial charge in [-0.15, -0.1) is 0 Å². The Balaban J connectivity index is 2.10. The number of H-pyrrole nitrogens is 1. The van der Waals surface area contributed by atoms with Crippen molar-refractivity contribution in [3.63, 3.8) is 0 Å². The smallest absolute Gasteiger partial charge is 0.273 e. The second kappa shape index (κ2) is 4.82. The van der Waals surface area contributed by atoms with E-state index in [-0.39, 0.29) is 5.91 Å². The number of rotatable bonds is 3. The summed E-state index contributed by atoms with van der Waals surface area (Å²) in [5.41, 5.74) is 3.39. The molecule has 2 rings (SSSR count). The van der Waals surface area contributed by atoms with Gasteiger partial charge in [-0.3, -0.25) is 9.89 Å². The molecule has 1 aromatic heterocycles. The molecule has 2 aromatic rings. The summed E-state index contributed by atoms with van der Waals surface area (Å²) in [4.78, 5) is 11.9. The van der Waals surface area contributed by atoms with E-state index in [9.17, 15) is 4.79 Å². The van der Waals surface area contributed by atoms with Crippen molar-refractivity contribution >= 4 is 11.6 Å². The molecule has 0 radical (unpaired) electrons. The quantitative estimate of drug-likeness (QED) is 0.849. The third kappa shape index (κ3) is 2.53. The summed E-state index contributed by atoms with van der Waals surface area (Å²) in [6.45, 7) is 3.94. The Morgan fingerprint density at radius 1 is 1.35 bits per heavy atom. The van der Waals surface area contributed by atoms with Gasteiger partial charge in [0.15, 0.2) is 0 Å². The molecule has 1 amide bonds. The maximum Gasteiger partial charge on any atom is 0.273 e. The van der Waals surface area contributed by atoms with E-state index in [0.717, 1.165) is 17.7 Å². The van der Waals surface area contributed by atoms with E-state index < -0.39 is 0 Å². The molecule has 0 spiro atoms. The predicted molar refractivity (Wildman–Crippen MR) is 67.1 cm³/mol. The van der Waals surface area contributed by atoms with Gasteiger partial charge in [0.25, 0.3) is 5.91 Å². The van der Waals surface area contributed by atoms with Crippen molar-refractivity contribution in [1.29, 1.82) is 0 Å². The molecule has 4 nitrogen and oxygen atoms in total. The highest BCUT2D eigenvalue weighted by molar-refractivity contribution is 6.03. The summed E-state index contributed by atoms with van der Waals surface area (Å²) in [6.07, 6.45) is 2.63. The number of aryl methyl sites for hydroxylation is 2. The molecular formula is C13H15N3O. The lowest BCUT2D eigenvalue weighted by atomic mass is 10.1. The SMILES string of the molecule is CCc1ccc(NC(=O)c2[nH]ncc2C)cc1. The van der Waals surface area contributed by atoms with E-state index in [1.807, 2.05) is 31.2 Å². The number of carbonyl (C=O) groups is 1. The summed E-state index contributed by atoms with van der Waals surface area (Å²) in [6, 6.07) is 7.83. The molecule has 0 bridgehead atoms. The largest absolute Gasteiger partial charge is 0.321 e. The van der Waals surface area contributed by atoms with E-state index in [1.165, 1.54) is 5.56 Å². The first-order chi connectivity index (χ1) is 8.20. The van der Waals surface area contributed by atoms with Crippen LogP contribution in [0.15, 0.2) is 30.5 Å². The summed E-state index contributed by atoms with van der Waals surface area (Å²) < 4.78 is 0. The zero-order valence-corrected chi connectivity index (χ0v) is 9.95. The normalized spacial score (nSPS) is 10.2. The standard InChI is InChI=1S/C13H15N3O/c1-3-10-4-6-11(7-5-10)15-13(17)12-9(2)8-14-16-12/h4-8H,3H2,1-2H3,(H,14,16)(H,15,17). The Morgan fingerprint density at radius 3 is 2.59 bits per heavy atom. The van der Waals surface area contributed by atoms with E-state index in [1.54, 1.807) is 6.20 Å². The summed E-state index contributed by atoms with van der Waals surface area (Å²) in [5.74, 6) is -0.163. The van der Waals surface area contributed by atoms with Crippen molar-refractivity contribution in [2.45, 2.75) is 20.3 Å². The second-order valence-corrected chi connectivity index (χ2v) is 3.93. The maximum atomic E-state index is 11.9. The third-order valence-electron chi connectivity index (χ3n) is 2.68. The van der Waals surface area contributed by atoms with Gasteiger partial charge in [-0.25, -0.2) is 0 Å². The van der Waals surface area contributed by atoms with Crippen LogP contribution in [-0.2, 0) is 6.42 Å². The van der Waals surface area contributed by atoms with Crippen LogP contribution in [0, 0.1) is 6.92 Å². The zero-order valence-electron chi connectivity index (χ0n) is 9.95. The molecule has 0 aliphatic heterocycles. The van der Waals surface area contributed by atoms with E-state index in [4.69, 9.17) is 0 Å². The van der Waals surface area contributed by atoms with E-state index in [2.05, 4.69) is 22.4 Å². The van der Waals surface area contributed by atoms with E-state index in [0.29, 0.717) is 5.69 Å². The molecule has 88 valence electrons. The molecule has 0 saturated carbocycles. The first-order valence-electron chi connectivity index (χ1n) is 5.61. The van der Waals surface area contributed by atoms with Crippen molar-refractivity contribution < 1.29 is 4.79 Å². The zero-order chi connectivity index (χ0) is 12.3. The Hall–Kier alpha value is -2.10. The molecule has 0 aliphatic carbocycles. The monoisotopic (exact) mass is 229 g/mol. The molecule has 0 aliphatic rings. The van der Waals surface area contributed by atoms with Crippen LogP contribution >= 0.6 is 0 Å². The number of hydrogen-bond donors (Lipinski definition) is 2. The molecule has 17 heavy (non-hydrogen) atoms. The highest BCUT2D eigenvalue weighted by atomic mass is 16.1. The second-order valence-electron chi connectivity index (χ2n) is 3.93. The van der Waals surface area contributed by atoms with Crippen molar-refractivity contribution in [3.8, 4) is 0 Å². The third-order valence-corrected chi connectivity index (χ3v) is 2.68. The Labute approximate surface area is 100 Å². The van der Waals surface area contributed by atoms with Crippen LogP contribution < -0.4 is 5.32 Å². The lowest BCUT2D eigenvalue weighted by Crippen LogP contribution is -2.13. The van der Waals surface area contributed by atoms with Gasteiger partial charge in [-0.05, 0) is 36.6 Å². The molecule has 1 heterocycles. The first-order valence-corrected chi connectivity index (χ1v) is 5.61. The Bertz CT molecular complexity index is 514. The molecule has 4 heteroatoms. The lowest BCUT2D eigenvalue weighted by Gasteiger charge is -2.05. The number of nitrogens with one attached hydrogen (secondary N) is 2. The number of aromatic amines is 1. The van der Waals surface area contributed by atoms with Crippen molar-refractivity contribution in [1.82, 2.24) is 10.2 Å². The van der Waals surface area contributed by atoms with Crippen molar-refractivity contribution in [2.24, 2.45) is 0 Å². The number of nitrogens with zero attached hydrogens (tertiary/aromatic N) is 1. The summed E-state index contributed by atoms with van der Waals surface area (Å²) in [5, 5.41) is 9.34. The first kappa shape index (κ1) is 11.4. The average Bonchev–Trinajstić information content (AvgIpc) is 2.76. The highest BCUT2D eigenvalue weighted by Gasteiger charge is 2.10. The van der Waals surface area contributed by atoms with Gasteiger partial charge in [-0.2, -0.15) is 5.10 Å². The van der Waals surface area contributed by atoms with E-state index >= 15 is 0 Å². The topological polar surface area (TPSA) is 57.8 Å². The molecule has 1 aromatic carbocycles. The molecule has 0 atom stereocenters. The summed E-state index contributed by atoms with van der Waals surface area (Å²) >= 11 is 0. The number of amides is 1. The minimum Gasteiger partial charge on any atom is -0.321 e. The molecule has 0 saturated heterocycles. The number of carbonyl (C=O) groups excluding carboxylic acids is 1. The van der Waals surface area contributed by atoms with Crippen LogP contribution in [0.3, 0.4) is 0 Å². The van der Waals surface area contributed by atoms with Crippen LogP contribution in [0.5, 0.6) is 0 Å². The fourth-order valence-electron chi connectivity index (χ4n) is 1.59. The van der Waals surface area contributed by atoms with Crippen LogP contribution in [-0.4, -0.2) is 16.1 Å². The molecular weight excluding hydrogens is 214 g/mol. The fourth-order valence-corrected chi connectivity index (χ4v) is 1.59. The Morgan fingerprint density at radius 2 is 2.06 bits per heavy atom. The van der Waals surface area contributed by atoms with Crippen LogP contribution in [0.1, 0.15) is 28.5 Å². The minimum absolute atomic E-state index is 0.163. The van der Waals surface area contributed by atoms with Crippen molar-refractivity contribution in [3.05, 3.63) is 47.3 Å². The molecule has 2 N–H and O–H groups in total. The van der Waals surface area contributed by atoms with Gasteiger partial charge < -0.3 is 5.32 Å². The van der Waals surface area contributed by atoms with Crippen LogP contribution in [0.4, 0.5) is 5.69 Å². The maximum absolute atomic E-state index is 11.9. The number of hydrogen-bond acceptors (Lipinski definition) is 2. The minimum atomic E-state index is -0.163.